The number of carboxylic acid groups (broad SMARTS) is 1. The molecule has 1 aromatic carbocycles. The van der Waals surface area contributed by atoms with Crippen molar-refractivity contribution in [1.82, 2.24) is 15.2 Å². The number of carbonyl (C=O) groups is 1. The van der Waals surface area contributed by atoms with Crippen molar-refractivity contribution in [2.75, 3.05) is 0 Å². The van der Waals surface area contributed by atoms with Crippen molar-refractivity contribution in [1.29, 1.82) is 0 Å². The van der Waals surface area contributed by atoms with Crippen molar-refractivity contribution in [2.45, 2.75) is 0 Å². The molecule has 2 heterocycles. The first-order valence-corrected chi connectivity index (χ1v) is 6.19. The third kappa shape index (κ3) is 2.36. The minimum Gasteiger partial charge on any atom is -0.477 e. The average Bonchev–Trinajstić information content (AvgIpc) is 2.87. The molecule has 0 saturated carbocycles. The van der Waals surface area contributed by atoms with E-state index in [0.29, 0.717) is 16.8 Å². The van der Waals surface area contributed by atoms with Crippen molar-refractivity contribution >= 4 is 28.3 Å². The molecule has 2 aromatic heterocycles. The van der Waals surface area contributed by atoms with Gasteiger partial charge in [0.05, 0.1) is 5.52 Å². The number of thiophene rings is 1. The summed E-state index contributed by atoms with van der Waals surface area (Å²) < 4.78 is 5.38. The maximum absolute atomic E-state index is 10.8. The summed E-state index contributed by atoms with van der Waals surface area (Å²) in [5.74, 6) is -0.600. The molecule has 0 bridgehead atoms. The van der Waals surface area contributed by atoms with Crippen LogP contribution in [0.1, 0.15) is 9.67 Å². The summed E-state index contributed by atoms with van der Waals surface area (Å²) in [6.07, 6.45) is 0. The van der Waals surface area contributed by atoms with Crippen LogP contribution in [-0.4, -0.2) is 26.3 Å². The van der Waals surface area contributed by atoms with E-state index in [-0.39, 0.29) is 10.9 Å². The molecule has 3 aromatic rings. The van der Waals surface area contributed by atoms with E-state index in [9.17, 15) is 4.79 Å². The smallest absolute Gasteiger partial charge is 0.346 e. The third-order valence-electron chi connectivity index (χ3n) is 2.34. The summed E-state index contributed by atoms with van der Waals surface area (Å²) in [5.41, 5.74) is 1.34. The second-order valence-electron chi connectivity index (χ2n) is 3.64. The molecule has 0 amide bonds. The van der Waals surface area contributed by atoms with Crippen LogP contribution in [0.5, 0.6) is 11.8 Å². The monoisotopic (exact) mass is 273 g/mol. The van der Waals surface area contributed by atoms with Gasteiger partial charge in [0.25, 0.3) is 0 Å². The first-order chi connectivity index (χ1) is 9.22. The van der Waals surface area contributed by atoms with Crippen molar-refractivity contribution in [3.63, 3.8) is 0 Å². The van der Waals surface area contributed by atoms with E-state index >= 15 is 0 Å². The fourth-order valence-corrected chi connectivity index (χ4v) is 2.14. The quantitative estimate of drug-likeness (QED) is 0.789. The van der Waals surface area contributed by atoms with Gasteiger partial charge in [0.1, 0.15) is 16.1 Å². The standard InChI is InChI=1S/C12H7N3O3S/c16-11(17)10-5-7(6-19-10)18-12-13-8-3-1-2-4-9(8)14-15-12/h1-6H,(H,16,17). The molecule has 6 nitrogen and oxygen atoms in total. The first kappa shape index (κ1) is 11.5. The summed E-state index contributed by atoms with van der Waals surface area (Å²) in [5, 5.41) is 18.2. The predicted octanol–water partition coefficient (Wildman–Crippen LogP) is 2.58. The van der Waals surface area contributed by atoms with Gasteiger partial charge in [-0.25, -0.2) is 4.79 Å². The van der Waals surface area contributed by atoms with E-state index in [1.165, 1.54) is 6.07 Å². The van der Waals surface area contributed by atoms with Gasteiger partial charge < -0.3 is 9.84 Å². The van der Waals surface area contributed by atoms with Crippen LogP contribution in [0.25, 0.3) is 11.0 Å². The number of fused-ring (bicyclic) bond motifs is 1. The number of ether oxygens (including phenoxy) is 1. The van der Waals surface area contributed by atoms with Crippen LogP contribution in [0.3, 0.4) is 0 Å². The Balaban J connectivity index is 1.89. The minimum atomic E-state index is -0.989. The molecular weight excluding hydrogens is 266 g/mol. The highest BCUT2D eigenvalue weighted by Crippen LogP contribution is 2.25. The summed E-state index contributed by atoms with van der Waals surface area (Å²) in [7, 11) is 0. The van der Waals surface area contributed by atoms with Crippen molar-refractivity contribution < 1.29 is 14.6 Å². The Morgan fingerprint density at radius 2 is 2.00 bits per heavy atom. The van der Waals surface area contributed by atoms with Gasteiger partial charge in [0, 0.05) is 11.4 Å². The number of nitrogens with zero attached hydrogens (tertiary/aromatic N) is 3. The Hall–Kier alpha value is -2.54. The number of para-hydroxylation sites is 1. The Bertz CT molecular complexity index is 757. The molecule has 0 aliphatic rings. The lowest BCUT2D eigenvalue weighted by Gasteiger charge is -2.00. The lowest BCUT2D eigenvalue weighted by Crippen LogP contribution is -1.95. The summed E-state index contributed by atoms with van der Waals surface area (Å²) in [6, 6.07) is 8.80. The number of rotatable bonds is 3. The highest BCUT2D eigenvalue weighted by atomic mass is 32.1. The second-order valence-corrected chi connectivity index (χ2v) is 4.55. The highest BCUT2D eigenvalue weighted by molar-refractivity contribution is 7.12. The molecule has 0 unspecified atom stereocenters. The van der Waals surface area contributed by atoms with Gasteiger partial charge in [-0.2, -0.15) is 4.98 Å². The molecule has 3 rings (SSSR count). The van der Waals surface area contributed by atoms with Crippen LogP contribution in [0.2, 0.25) is 0 Å². The highest BCUT2D eigenvalue weighted by Gasteiger charge is 2.10. The summed E-state index contributed by atoms with van der Waals surface area (Å²) >= 11 is 1.08. The molecule has 0 aliphatic heterocycles. The van der Waals surface area contributed by atoms with Crippen LogP contribution in [0, 0.1) is 0 Å². The van der Waals surface area contributed by atoms with Gasteiger partial charge in [0.2, 0.25) is 0 Å². The Labute approximate surface area is 111 Å². The number of benzene rings is 1. The number of aromatic nitrogens is 3. The Morgan fingerprint density at radius 3 is 2.74 bits per heavy atom. The van der Waals surface area contributed by atoms with Gasteiger partial charge in [-0.15, -0.1) is 16.4 Å². The van der Waals surface area contributed by atoms with Crippen LogP contribution in [-0.2, 0) is 0 Å². The zero-order valence-electron chi connectivity index (χ0n) is 9.48. The van der Waals surface area contributed by atoms with E-state index in [0.717, 1.165) is 11.3 Å². The molecule has 94 valence electrons. The van der Waals surface area contributed by atoms with Crippen molar-refractivity contribution in [3.8, 4) is 11.8 Å². The van der Waals surface area contributed by atoms with E-state index in [2.05, 4.69) is 15.2 Å². The average molecular weight is 273 g/mol. The van der Waals surface area contributed by atoms with Crippen LogP contribution in [0.4, 0.5) is 0 Å². The molecule has 0 aliphatic carbocycles. The predicted molar refractivity (Wildman–Crippen MR) is 68.7 cm³/mol. The normalized spacial score (nSPS) is 10.5. The molecule has 0 radical (unpaired) electrons. The van der Waals surface area contributed by atoms with Crippen LogP contribution < -0.4 is 4.74 Å². The van der Waals surface area contributed by atoms with Gasteiger partial charge in [-0.1, -0.05) is 17.2 Å². The van der Waals surface area contributed by atoms with Gasteiger partial charge in [0.15, 0.2) is 0 Å². The van der Waals surface area contributed by atoms with Crippen molar-refractivity contribution in [2.24, 2.45) is 0 Å². The van der Waals surface area contributed by atoms with Gasteiger partial charge in [-0.3, -0.25) is 0 Å². The molecule has 7 heteroatoms. The minimum absolute atomic E-state index is 0.0911. The molecule has 0 spiro atoms. The number of hydrogen-bond donors (Lipinski definition) is 1. The SMILES string of the molecule is O=C(O)c1cc(Oc2nnc3ccccc3n2)cs1. The van der Waals surface area contributed by atoms with E-state index in [1.807, 2.05) is 12.1 Å². The van der Waals surface area contributed by atoms with E-state index < -0.39 is 5.97 Å². The molecule has 19 heavy (non-hydrogen) atoms. The first-order valence-electron chi connectivity index (χ1n) is 5.31. The molecule has 0 saturated heterocycles. The van der Waals surface area contributed by atoms with Crippen molar-refractivity contribution in [3.05, 3.63) is 40.6 Å². The number of hydrogen-bond acceptors (Lipinski definition) is 6. The van der Waals surface area contributed by atoms with E-state index in [4.69, 9.17) is 9.84 Å². The zero-order chi connectivity index (χ0) is 13.2. The maximum atomic E-state index is 10.8. The zero-order valence-corrected chi connectivity index (χ0v) is 10.3. The Morgan fingerprint density at radius 1 is 1.21 bits per heavy atom. The summed E-state index contributed by atoms with van der Waals surface area (Å²) in [4.78, 5) is 15.1. The molecule has 0 fully saturated rings. The fourth-order valence-electron chi connectivity index (χ4n) is 1.50. The lowest BCUT2D eigenvalue weighted by molar-refractivity contribution is 0.0702. The largest absolute Gasteiger partial charge is 0.477 e. The second kappa shape index (κ2) is 4.62. The third-order valence-corrected chi connectivity index (χ3v) is 3.23. The lowest BCUT2D eigenvalue weighted by atomic mass is 10.3. The molecule has 1 N–H and O–H groups in total. The fraction of sp³-hybridized carbons (Fsp3) is 0. The van der Waals surface area contributed by atoms with E-state index in [1.54, 1.807) is 17.5 Å². The molecule has 0 atom stereocenters. The van der Waals surface area contributed by atoms with Gasteiger partial charge >= 0.3 is 12.0 Å². The summed E-state index contributed by atoms with van der Waals surface area (Å²) in [6.45, 7) is 0. The topological polar surface area (TPSA) is 85.2 Å². The Kier molecular flexibility index (Phi) is 2.81. The number of carboxylic acids is 1. The van der Waals surface area contributed by atoms with Gasteiger partial charge in [-0.05, 0) is 12.1 Å². The van der Waals surface area contributed by atoms with Crippen LogP contribution >= 0.6 is 11.3 Å². The van der Waals surface area contributed by atoms with Crippen LogP contribution in [0.15, 0.2) is 35.7 Å². The molecular formula is C12H7N3O3S. The maximum Gasteiger partial charge on any atom is 0.346 e. The number of aromatic carboxylic acids is 1.